The molecule has 21 heavy (non-hydrogen) atoms. The highest BCUT2D eigenvalue weighted by atomic mass is 15.3. The van der Waals surface area contributed by atoms with Crippen molar-refractivity contribution in [3.8, 4) is 0 Å². The van der Waals surface area contributed by atoms with Crippen molar-refractivity contribution in [2.24, 2.45) is 0 Å². The Morgan fingerprint density at radius 1 is 0.762 bits per heavy atom. The van der Waals surface area contributed by atoms with Crippen molar-refractivity contribution >= 4 is 17.8 Å². The van der Waals surface area contributed by atoms with E-state index in [1.165, 1.54) is 0 Å². The normalized spacial score (nSPS) is 10.5. The first-order valence-electron chi connectivity index (χ1n) is 8.23. The highest BCUT2D eigenvalue weighted by Gasteiger charge is 2.10. The SMILES string of the molecule is CCCCNc1nc(NCCCC)nc(N(CC)CC)n1. The van der Waals surface area contributed by atoms with E-state index < -0.39 is 0 Å². The van der Waals surface area contributed by atoms with E-state index in [1.807, 2.05) is 0 Å². The number of nitrogens with zero attached hydrogens (tertiary/aromatic N) is 4. The molecule has 6 heteroatoms. The molecular formula is C15H30N6. The van der Waals surface area contributed by atoms with Crippen molar-refractivity contribution in [3.05, 3.63) is 0 Å². The maximum Gasteiger partial charge on any atom is 0.231 e. The summed E-state index contributed by atoms with van der Waals surface area (Å²) in [5.41, 5.74) is 0. The smallest absolute Gasteiger partial charge is 0.231 e. The molecule has 1 aromatic rings. The molecule has 0 bridgehead atoms. The van der Waals surface area contributed by atoms with Crippen molar-refractivity contribution in [1.29, 1.82) is 0 Å². The van der Waals surface area contributed by atoms with E-state index in [-0.39, 0.29) is 0 Å². The number of anilines is 3. The molecule has 120 valence electrons. The van der Waals surface area contributed by atoms with E-state index in [1.54, 1.807) is 0 Å². The molecule has 0 unspecified atom stereocenters. The predicted molar refractivity (Wildman–Crippen MR) is 90.2 cm³/mol. The third kappa shape index (κ3) is 6.14. The summed E-state index contributed by atoms with van der Waals surface area (Å²) >= 11 is 0. The zero-order valence-electron chi connectivity index (χ0n) is 13.9. The third-order valence-corrected chi connectivity index (χ3v) is 3.30. The van der Waals surface area contributed by atoms with Crippen molar-refractivity contribution in [3.63, 3.8) is 0 Å². The van der Waals surface area contributed by atoms with E-state index in [2.05, 4.69) is 58.2 Å². The van der Waals surface area contributed by atoms with Crippen LogP contribution in [0.2, 0.25) is 0 Å². The topological polar surface area (TPSA) is 66.0 Å². The maximum atomic E-state index is 4.53. The average molecular weight is 294 g/mol. The van der Waals surface area contributed by atoms with Crippen molar-refractivity contribution in [1.82, 2.24) is 15.0 Å². The molecule has 6 nitrogen and oxygen atoms in total. The molecule has 0 atom stereocenters. The molecule has 0 aromatic carbocycles. The lowest BCUT2D eigenvalue weighted by Crippen LogP contribution is -2.25. The highest BCUT2D eigenvalue weighted by Crippen LogP contribution is 2.13. The quantitative estimate of drug-likeness (QED) is 0.611. The van der Waals surface area contributed by atoms with Gasteiger partial charge < -0.3 is 15.5 Å². The first-order valence-corrected chi connectivity index (χ1v) is 8.23. The van der Waals surface area contributed by atoms with Crippen LogP contribution >= 0.6 is 0 Å². The summed E-state index contributed by atoms with van der Waals surface area (Å²) in [7, 11) is 0. The van der Waals surface area contributed by atoms with E-state index in [4.69, 9.17) is 0 Å². The third-order valence-electron chi connectivity index (χ3n) is 3.30. The van der Waals surface area contributed by atoms with Crippen LogP contribution in [0.25, 0.3) is 0 Å². The molecule has 2 N–H and O–H groups in total. The fourth-order valence-electron chi connectivity index (χ4n) is 1.92. The standard InChI is InChI=1S/C15H30N6/c1-5-9-11-16-13-18-14(17-12-10-6-2)20-15(19-13)21(7-3)8-4/h5-12H2,1-4H3,(H2,16,17,18,19,20). The summed E-state index contributed by atoms with van der Waals surface area (Å²) in [5.74, 6) is 2.08. The molecule has 0 spiro atoms. The van der Waals surface area contributed by atoms with Gasteiger partial charge in [-0.25, -0.2) is 0 Å². The maximum absolute atomic E-state index is 4.53. The minimum Gasteiger partial charge on any atom is -0.354 e. The molecule has 1 aromatic heterocycles. The first-order chi connectivity index (χ1) is 10.2. The molecule has 0 saturated carbocycles. The second-order valence-corrected chi connectivity index (χ2v) is 5.02. The van der Waals surface area contributed by atoms with Crippen LogP contribution in [-0.2, 0) is 0 Å². The molecule has 0 fully saturated rings. The van der Waals surface area contributed by atoms with Gasteiger partial charge in [0.15, 0.2) is 0 Å². The van der Waals surface area contributed by atoms with E-state index in [0.717, 1.165) is 57.8 Å². The highest BCUT2D eigenvalue weighted by molar-refractivity contribution is 5.43. The first kappa shape index (κ1) is 17.5. The Morgan fingerprint density at radius 3 is 1.62 bits per heavy atom. The Bertz CT molecular complexity index is 364. The molecular weight excluding hydrogens is 264 g/mol. The van der Waals surface area contributed by atoms with Crippen LogP contribution in [-0.4, -0.2) is 41.1 Å². The zero-order chi connectivity index (χ0) is 15.5. The molecule has 0 radical (unpaired) electrons. The number of nitrogens with one attached hydrogen (secondary N) is 2. The molecule has 0 aliphatic rings. The van der Waals surface area contributed by atoms with Gasteiger partial charge in [0.1, 0.15) is 0 Å². The number of unbranched alkanes of at least 4 members (excludes halogenated alkanes) is 2. The monoisotopic (exact) mass is 294 g/mol. The fraction of sp³-hybridized carbons (Fsp3) is 0.800. The lowest BCUT2D eigenvalue weighted by Gasteiger charge is -2.19. The number of aromatic nitrogens is 3. The van der Waals surface area contributed by atoms with E-state index in [0.29, 0.717) is 11.9 Å². The molecule has 0 amide bonds. The minimum absolute atomic E-state index is 0.666. The second kappa shape index (κ2) is 10.2. The number of rotatable bonds is 11. The molecule has 1 heterocycles. The number of hydrogen-bond donors (Lipinski definition) is 2. The fourth-order valence-corrected chi connectivity index (χ4v) is 1.92. The van der Waals surface area contributed by atoms with Gasteiger partial charge in [-0.2, -0.15) is 15.0 Å². The summed E-state index contributed by atoms with van der Waals surface area (Å²) in [6.45, 7) is 12.2. The van der Waals surface area contributed by atoms with Gasteiger partial charge >= 0.3 is 0 Å². The van der Waals surface area contributed by atoms with Gasteiger partial charge in [0.25, 0.3) is 0 Å². The summed E-state index contributed by atoms with van der Waals surface area (Å²) in [5, 5.41) is 6.58. The van der Waals surface area contributed by atoms with Gasteiger partial charge in [0.2, 0.25) is 17.8 Å². The molecule has 1 rings (SSSR count). The summed E-state index contributed by atoms with van der Waals surface area (Å²) in [6.07, 6.45) is 4.54. The Kier molecular flexibility index (Phi) is 8.47. The van der Waals surface area contributed by atoms with Crippen LogP contribution in [0.3, 0.4) is 0 Å². The van der Waals surface area contributed by atoms with Gasteiger partial charge in [-0.05, 0) is 26.7 Å². The Morgan fingerprint density at radius 2 is 1.24 bits per heavy atom. The minimum atomic E-state index is 0.666. The average Bonchev–Trinajstić information content (AvgIpc) is 2.49. The van der Waals surface area contributed by atoms with Crippen molar-refractivity contribution in [2.75, 3.05) is 41.7 Å². The summed E-state index contributed by atoms with van der Waals surface area (Å²) in [6, 6.07) is 0. The van der Waals surface area contributed by atoms with Crippen LogP contribution in [0.15, 0.2) is 0 Å². The van der Waals surface area contributed by atoms with Crippen LogP contribution in [0.5, 0.6) is 0 Å². The summed E-state index contributed by atoms with van der Waals surface area (Å²) < 4.78 is 0. The van der Waals surface area contributed by atoms with Gasteiger partial charge in [0.05, 0.1) is 0 Å². The van der Waals surface area contributed by atoms with E-state index >= 15 is 0 Å². The zero-order valence-corrected chi connectivity index (χ0v) is 13.9. The summed E-state index contributed by atoms with van der Waals surface area (Å²) in [4.78, 5) is 15.6. The van der Waals surface area contributed by atoms with Crippen LogP contribution in [0, 0.1) is 0 Å². The van der Waals surface area contributed by atoms with Gasteiger partial charge in [-0.15, -0.1) is 0 Å². The largest absolute Gasteiger partial charge is 0.354 e. The number of hydrogen-bond acceptors (Lipinski definition) is 6. The Balaban J connectivity index is 2.84. The van der Waals surface area contributed by atoms with E-state index in [9.17, 15) is 0 Å². The van der Waals surface area contributed by atoms with Crippen LogP contribution in [0.4, 0.5) is 17.8 Å². The molecule has 0 saturated heterocycles. The van der Waals surface area contributed by atoms with Crippen LogP contribution in [0.1, 0.15) is 53.4 Å². The lowest BCUT2D eigenvalue weighted by molar-refractivity contribution is 0.791. The Hall–Kier alpha value is -1.59. The van der Waals surface area contributed by atoms with Crippen molar-refractivity contribution in [2.45, 2.75) is 53.4 Å². The van der Waals surface area contributed by atoms with Gasteiger partial charge in [-0.3, -0.25) is 0 Å². The Labute approximate surface area is 128 Å². The van der Waals surface area contributed by atoms with Crippen LogP contribution < -0.4 is 15.5 Å². The lowest BCUT2D eigenvalue weighted by atomic mass is 10.3. The second-order valence-electron chi connectivity index (χ2n) is 5.02. The van der Waals surface area contributed by atoms with Gasteiger partial charge in [0, 0.05) is 26.2 Å². The van der Waals surface area contributed by atoms with Crippen molar-refractivity contribution < 1.29 is 0 Å². The predicted octanol–water partition coefficient (Wildman–Crippen LogP) is 3.14. The molecule has 0 aliphatic heterocycles. The van der Waals surface area contributed by atoms with Gasteiger partial charge in [-0.1, -0.05) is 26.7 Å². The molecule has 0 aliphatic carbocycles.